The fraction of sp³-hybridized carbons (Fsp3) is 0.0385. The molecule has 3 nitrogen and oxygen atoms in total. The second kappa shape index (κ2) is 7.28. The molecule has 4 aromatic carbocycles. The molecule has 3 heteroatoms. The van der Waals surface area contributed by atoms with Crippen LogP contribution in [0, 0.1) is 6.92 Å². The van der Waals surface area contributed by atoms with E-state index >= 15 is 0 Å². The molecule has 0 saturated heterocycles. The van der Waals surface area contributed by atoms with Gasteiger partial charge in [-0.25, -0.2) is 15.0 Å². The number of nitrogens with zero attached hydrogens (tertiary/aromatic N) is 3. The number of rotatable bonds is 3. The summed E-state index contributed by atoms with van der Waals surface area (Å²) in [7, 11) is 0. The maximum atomic E-state index is 4.81. The van der Waals surface area contributed by atoms with E-state index in [-0.39, 0.29) is 0 Å². The maximum Gasteiger partial charge on any atom is 0.164 e. The number of aromatic nitrogens is 3. The highest BCUT2D eigenvalue weighted by Gasteiger charge is 2.12. The van der Waals surface area contributed by atoms with Gasteiger partial charge >= 0.3 is 0 Å². The molecule has 0 radical (unpaired) electrons. The Morgan fingerprint density at radius 1 is 0.448 bits per heavy atom. The van der Waals surface area contributed by atoms with Crippen LogP contribution in [-0.4, -0.2) is 15.0 Å². The lowest BCUT2D eigenvalue weighted by Crippen LogP contribution is -2.00. The van der Waals surface area contributed by atoms with Crippen molar-refractivity contribution < 1.29 is 0 Å². The van der Waals surface area contributed by atoms with E-state index in [0.29, 0.717) is 17.5 Å². The number of fused-ring (bicyclic) bond motifs is 1. The molecule has 5 rings (SSSR count). The molecule has 0 aliphatic rings. The van der Waals surface area contributed by atoms with Crippen LogP contribution in [0.15, 0.2) is 97.1 Å². The normalized spacial score (nSPS) is 10.9. The minimum absolute atomic E-state index is 0.680. The van der Waals surface area contributed by atoms with Gasteiger partial charge in [-0.05, 0) is 23.8 Å². The molecule has 0 atom stereocenters. The van der Waals surface area contributed by atoms with Crippen molar-refractivity contribution >= 4 is 10.8 Å². The van der Waals surface area contributed by atoms with Crippen molar-refractivity contribution in [2.24, 2.45) is 0 Å². The molecule has 0 spiro atoms. The Morgan fingerprint density at radius 3 is 1.66 bits per heavy atom. The van der Waals surface area contributed by atoms with E-state index in [2.05, 4.69) is 61.5 Å². The standard InChI is InChI=1S/C26H19N3/c1-18-11-13-21(14-12-18)25-27-24(20-8-3-2-4-9-20)28-26(29-25)23-16-15-19-7-5-6-10-22(19)17-23/h2-17H,1H3. The first-order valence-corrected chi connectivity index (χ1v) is 9.64. The van der Waals surface area contributed by atoms with Gasteiger partial charge in [-0.15, -0.1) is 0 Å². The van der Waals surface area contributed by atoms with Gasteiger partial charge in [0.05, 0.1) is 0 Å². The third kappa shape index (κ3) is 3.50. The van der Waals surface area contributed by atoms with Crippen molar-refractivity contribution in [3.05, 3.63) is 103 Å². The molecule has 0 N–H and O–H groups in total. The van der Waals surface area contributed by atoms with Crippen molar-refractivity contribution in [2.45, 2.75) is 6.92 Å². The first kappa shape index (κ1) is 17.3. The van der Waals surface area contributed by atoms with Crippen LogP contribution in [0.4, 0.5) is 0 Å². The zero-order chi connectivity index (χ0) is 19.6. The largest absolute Gasteiger partial charge is 0.208 e. The lowest BCUT2D eigenvalue weighted by atomic mass is 10.1. The van der Waals surface area contributed by atoms with Gasteiger partial charge < -0.3 is 0 Å². The Hall–Kier alpha value is -3.85. The van der Waals surface area contributed by atoms with Gasteiger partial charge in [0.25, 0.3) is 0 Å². The fourth-order valence-electron chi connectivity index (χ4n) is 3.38. The molecule has 0 aliphatic carbocycles. The van der Waals surface area contributed by atoms with E-state index in [0.717, 1.165) is 16.7 Å². The van der Waals surface area contributed by atoms with E-state index in [1.807, 2.05) is 42.5 Å². The number of hydrogen-bond donors (Lipinski definition) is 0. The predicted octanol–water partition coefficient (Wildman–Crippen LogP) is 6.33. The van der Waals surface area contributed by atoms with Crippen LogP contribution in [0.3, 0.4) is 0 Å². The van der Waals surface area contributed by atoms with Gasteiger partial charge in [0, 0.05) is 16.7 Å². The molecule has 1 aromatic heterocycles. The van der Waals surface area contributed by atoms with Crippen LogP contribution in [0.25, 0.3) is 44.9 Å². The summed E-state index contributed by atoms with van der Waals surface area (Å²) in [6.07, 6.45) is 0. The quantitative estimate of drug-likeness (QED) is 0.371. The van der Waals surface area contributed by atoms with E-state index in [1.54, 1.807) is 0 Å². The Kier molecular flexibility index (Phi) is 4.34. The molecular weight excluding hydrogens is 354 g/mol. The number of hydrogen-bond acceptors (Lipinski definition) is 3. The van der Waals surface area contributed by atoms with Crippen LogP contribution >= 0.6 is 0 Å². The maximum absolute atomic E-state index is 4.81. The van der Waals surface area contributed by atoms with Crippen LogP contribution in [0.2, 0.25) is 0 Å². The molecule has 0 saturated carbocycles. The first-order chi connectivity index (χ1) is 14.3. The van der Waals surface area contributed by atoms with E-state index in [9.17, 15) is 0 Å². The summed E-state index contributed by atoms with van der Waals surface area (Å²) in [6.45, 7) is 2.08. The Labute approximate surface area is 169 Å². The molecule has 29 heavy (non-hydrogen) atoms. The molecule has 0 aliphatic heterocycles. The molecular formula is C26H19N3. The summed E-state index contributed by atoms with van der Waals surface area (Å²) >= 11 is 0. The fourth-order valence-corrected chi connectivity index (χ4v) is 3.38. The Balaban J connectivity index is 1.71. The SMILES string of the molecule is Cc1ccc(-c2nc(-c3ccccc3)nc(-c3ccc4ccccc4c3)n2)cc1. The summed E-state index contributed by atoms with van der Waals surface area (Å²) in [5.74, 6) is 2.04. The molecule has 0 fully saturated rings. The summed E-state index contributed by atoms with van der Waals surface area (Å²) in [5, 5.41) is 2.37. The molecule has 1 heterocycles. The topological polar surface area (TPSA) is 38.7 Å². The van der Waals surface area contributed by atoms with Gasteiger partial charge in [0.15, 0.2) is 17.5 Å². The predicted molar refractivity (Wildman–Crippen MR) is 118 cm³/mol. The highest BCUT2D eigenvalue weighted by atomic mass is 15.0. The molecule has 0 amide bonds. The average Bonchev–Trinajstić information content (AvgIpc) is 2.79. The molecule has 0 unspecified atom stereocenters. The highest BCUT2D eigenvalue weighted by Crippen LogP contribution is 2.27. The van der Waals surface area contributed by atoms with Crippen LogP contribution in [-0.2, 0) is 0 Å². The third-order valence-corrected chi connectivity index (χ3v) is 4.98. The lowest BCUT2D eigenvalue weighted by molar-refractivity contribution is 1.07. The zero-order valence-corrected chi connectivity index (χ0v) is 16.1. The average molecular weight is 373 g/mol. The van der Waals surface area contributed by atoms with Gasteiger partial charge in [0.1, 0.15) is 0 Å². The minimum Gasteiger partial charge on any atom is -0.208 e. The van der Waals surface area contributed by atoms with Crippen LogP contribution in [0.1, 0.15) is 5.56 Å². The van der Waals surface area contributed by atoms with Gasteiger partial charge in [-0.2, -0.15) is 0 Å². The summed E-state index contributed by atoms with van der Waals surface area (Å²) < 4.78 is 0. The smallest absolute Gasteiger partial charge is 0.164 e. The van der Waals surface area contributed by atoms with E-state index < -0.39 is 0 Å². The van der Waals surface area contributed by atoms with Crippen LogP contribution < -0.4 is 0 Å². The lowest BCUT2D eigenvalue weighted by Gasteiger charge is -2.09. The zero-order valence-electron chi connectivity index (χ0n) is 16.1. The second-order valence-corrected chi connectivity index (χ2v) is 7.10. The second-order valence-electron chi connectivity index (χ2n) is 7.10. The van der Waals surface area contributed by atoms with Crippen molar-refractivity contribution in [1.29, 1.82) is 0 Å². The van der Waals surface area contributed by atoms with Crippen LogP contribution in [0.5, 0.6) is 0 Å². The van der Waals surface area contributed by atoms with Crippen molar-refractivity contribution in [3.63, 3.8) is 0 Å². The third-order valence-electron chi connectivity index (χ3n) is 4.98. The summed E-state index contributed by atoms with van der Waals surface area (Å²) in [6, 6.07) is 33.0. The van der Waals surface area contributed by atoms with Crippen molar-refractivity contribution in [2.75, 3.05) is 0 Å². The van der Waals surface area contributed by atoms with Crippen molar-refractivity contribution in [1.82, 2.24) is 15.0 Å². The summed E-state index contributed by atoms with van der Waals surface area (Å²) in [5.41, 5.74) is 4.15. The first-order valence-electron chi connectivity index (χ1n) is 9.64. The number of aryl methyl sites for hydroxylation is 1. The molecule has 0 bridgehead atoms. The minimum atomic E-state index is 0.680. The highest BCUT2D eigenvalue weighted by molar-refractivity contribution is 5.86. The Bertz CT molecular complexity index is 1290. The van der Waals surface area contributed by atoms with Gasteiger partial charge in [-0.3, -0.25) is 0 Å². The van der Waals surface area contributed by atoms with Gasteiger partial charge in [-0.1, -0.05) is 96.6 Å². The number of benzene rings is 4. The summed E-state index contributed by atoms with van der Waals surface area (Å²) in [4.78, 5) is 14.4. The van der Waals surface area contributed by atoms with Crippen molar-refractivity contribution in [3.8, 4) is 34.2 Å². The molecule has 5 aromatic rings. The Morgan fingerprint density at radius 2 is 0.966 bits per heavy atom. The van der Waals surface area contributed by atoms with Gasteiger partial charge in [0.2, 0.25) is 0 Å². The molecule has 138 valence electrons. The van der Waals surface area contributed by atoms with E-state index in [4.69, 9.17) is 15.0 Å². The van der Waals surface area contributed by atoms with E-state index in [1.165, 1.54) is 16.3 Å². The monoisotopic (exact) mass is 373 g/mol.